The Morgan fingerprint density at radius 1 is 1.45 bits per heavy atom. The van der Waals surface area contributed by atoms with Gasteiger partial charge in [-0.2, -0.15) is 0 Å². The molecule has 20 heavy (non-hydrogen) atoms. The van der Waals surface area contributed by atoms with Crippen LogP contribution in [0.25, 0.3) is 0 Å². The number of hydrogen-bond acceptors (Lipinski definition) is 3. The van der Waals surface area contributed by atoms with Gasteiger partial charge in [-0.1, -0.05) is 11.6 Å². The van der Waals surface area contributed by atoms with Gasteiger partial charge in [0.15, 0.2) is 6.61 Å². The Bertz CT molecular complexity index is 473. The van der Waals surface area contributed by atoms with Crippen LogP contribution < -0.4 is 10.1 Å². The molecule has 110 valence electrons. The zero-order valence-corrected chi connectivity index (χ0v) is 12.9. The van der Waals surface area contributed by atoms with Crippen LogP contribution in [0, 0.1) is 0 Å². The van der Waals surface area contributed by atoms with Crippen LogP contribution >= 0.6 is 11.6 Å². The third-order valence-electron chi connectivity index (χ3n) is 3.55. The fraction of sp³-hybridized carbons (Fsp3) is 0.533. The summed E-state index contributed by atoms with van der Waals surface area (Å²) in [5.74, 6) is 0.669. The normalized spacial score (nSPS) is 21.6. The topological polar surface area (TPSA) is 41.6 Å². The first kappa shape index (κ1) is 15.1. The summed E-state index contributed by atoms with van der Waals surface area (Å²) in [6.45, 7) is 7.75. The van der Waals surface area contributed by atoms with Crippen molar-refractivity contribution in [2.75, 3.05) is 19.7 Å². The molecule has 5 heteroatoms. The van der Waals surface area contributed by atoms with E-state index in [2.05, 4.69) is 26.1 Å². The van der Waals surface area contributed by atoms with E-state index in [1.165, 1.54) is 0 Å². The first-order chi connectivity index (χ1) is 9.38. The van der Waals surface area contributed by atoms with E-state index in [1.807, 2.05) is 4.90 Å². The Kier molecular flexibility index (Phi) is 4.55. The average Bonchev–Trinajstić information content (AvgIpc) is 2.40. The summed E-state index contributed by atoms with van der Waals surface area (Å²) in [6, 6.07) is 7.33. The highest BCUT2D eigenvalue weighted by Crippen LogP contribution is 2.20. The predicted octanol–water partition coefficient (Wildman–Crippen LogP) is 2.32. The second-order valence-corrected chi connectivity index (χ2v) is 6.28. The zero-order valence-electron chi connectivity index (χ0n) is 12.1. The Hall–Kier alpha value is -1.26. The minimum absolute atomic E-state index is 0.0123. The van der Waals surface area contributed by atoms with Gasteiger partial charge in [-0.15, -0.1) is 0 Å². The van der Waals surface area contributed by atoms with E-state index < -0.39 is 0 Å². The second kappa shape index (κ2) is 6.02. The molecule has 1 amide bonds. The summed E-state index contributed by atoms with van der Waals surface area (Å²) in [5, 5.41) is 4.04. The van der Waals surface area contributed by atoms with Crippen LogP contribution in [0.15, 0.2) is 24.3 Å². The zero-order chi connectivity index (χ0) is 14.8. The van der Waals surface area contributed by atoms with Gasteiger partial charge in [-0.05, 0) is 45.0 Å². The minimum atomic E-state index is -0.188. The first-order valence-corrected chi connectivity index (χ1v) is 7.18. The smallest absolute Gasteiger partial charge is 0.261 e. The standard InChI is InChI=1S/C15H21ClN2O2/c1-11-8-18(15(2,3)10-17-11)14(19)9-20-13-6-4-12(16)5-7-13/h4-7,11,17H,8-10H2,1-3H3. The average molecular weight is 297 g/mol. The van der Waals surface area contributed by atoms with Crippen LogP contribution in [0.5, 0.6) is 5.75 Å². The number of benzene rings is 1. The van der Waals surface area contributed by atoms with Gasteiger partial charge in [0.25, 0.3) is 5.91 Å². The molecule has 1 aliphatic rings. The number of amides is 1. The maximum atomic E-state index is 12.3. The number of carbonyl (C=O) groups is 1. The predicted molar refractivity (Wildman–Crippen MR) is 80.2 cm³/mol. The van der Waals surface area contributed by atoms with Gasteiger partial charge in [-0.25, -0.2) is 0 Å². The Morgan fingerprint density at radius 2 is 2.10 bits per heavy atom. The lowest BCUT2D eigenvalue weighted by atomic mass is 9.98. The lowest BCUT2D eigenvalue weighted by Gasteiger charge is -2.45. The molecule has 1 fully saturated rings. The Morgan fingerprint density at radius 3 is 2.75 bits per heavy atom. The molecule has 1 N–H and O–H groups in total. The number of halogens is 1. The molecule has 1 aromatic carbocycles. The maximum Gasteiger partial charge on any atom is 0.261 e. The van der Waals surface area contributed by atoms with Gasteiger partial charge in [0.05, 0.1) is 0 Å². The molecule has 1 aliphatic heterocycles. The van der Waals surface area contributed by atoms with Gasteiger partial charge >= 0.3 is 0 Å². The molecule has 1 aromatic rings. The number of nitrogens with one attached hydrogen (secondary N) is 1. The van der Waals surface area contributed by atoms with Crippen molar-refractivity contribution in [1.82, 2.24) is 10.2 Å². The molecule has 0 saturated carbocycles. The van der Waals surface area contributed by atoms with Crippen LogP contribution in [0.4, 0.5) is 0 Å². The number of carbonyl (C=O) groups excluding carboxylic acids is 1. The molecule has 0 radical (unpaired) electrons. The van der Waals surface area contributed by atoms with E-state index in [9.17, 15) is 4.79 Å². The third-order valence-corrected chi connectivity index (χ3v) is 3.80. The molecule has 1 saturated heterocycles. The summed E-state index contributed by atoms with van der Waals surface area (Å²) in [7, 11) is 0. The van der Waals surface area contributed by atoms with Crippen LogP contribution in [-0.4, -0.2) is 42.1 Å². The maximum absolute atomic E-state index is 12.3. The quantitative estimate of drug-likeness (QED) is 0.931. The van der Waals surface area contributed by atoms with Crippen molar-refractivity contribution in [2.45, 2.75) is 32.4 Å². The summed E-state index contributed by atoms with van der Waals surface area (Å²) >= 11 is 5.81. The van der Waals surface area contributed by atoms with E-state index in [1.54, 1.807) is 24.3 Å². The molecule has 0 aliphatic carbocycles. The van der Waals surface area contributed by atoms with E-state index >= 15 is 0 Å². The third kappa shape index (κ3) is 3.64. The molecule has 2 rings (SSSR count). The largest absolute Gasteiger partial charge is 0.484 e. The lowest BCUT2D eigenvalue weighted by Crippen LogP contribution is -2.63. The monoisotopic (exact) mass is 296 g/mol. The highest BCUT2D eigenvalue weighted by atomic mass is 35.5. The molecule has 0 aromatic heterocycles. The van der Waals surface area contributed by atoms with Crippen molar-refractivity contribution in [1.29, 1.82) is 0 Å². The van der Waals surface area contributed by atoms with Crippen molar-refractivity contribution in [2.24, 2.45) is 0 Å². The van der Waals surface area contributed by atoms with Gasteiger partial charge in [-0.3, -0.25) is 4.79 Å². The van der Waals surface area contributed by atoms with Gasteiger partial charge < -0.3 is 15.0 Å². The van der Waals surface area contributed by atoms with Gasteiger partial charge in [0.2, 0.25) is 0 Å². The highest BCUT2D eigenvalue weighted by molar-refractivity contribution is 6.30. The fourth-order valence-electron chi connectivity index (χ4n) is 2.30. The van der Waals surface area contributed by atoms with Crippen molar-refractivity contribution < 1.29 is 9.53 Å². The minimum Gasteiger partial charge on any atom is -0.484 e. The summed E-state index contributed by atoms with van der Waals surface area (Å²) in [5.41, 5.74) is -0.188. The molecule has 0 spiro atoms. The van der Waals surface area contributed by atoms with Crippen molar-refractivity contribution in [3.63, 3.8) is 0 Å². The van der Waals surface area contributed by atoms with Gasteiger partial charge in [0.1, 0.15) is 5.75 Å². The summed E-state index contributed by atoms with van der Waals surface area (Å²) < 4.78 is 5.53. The first-order valence-electron chi connectivity index (χ1n) is 6.81. The van der Waals surface area contributed by atoms with E-state index in [4.69, 9.17) is 16.3 Å². The van der Waals surface area contributed by atoms with Crippen molar-refractivity contribution >= 4 is 17.5 Å². The molecule has 1 atom stereocenters. The second-order valence-electron chi connectivity index (χ2n) is 5.84. The van der Waals surface area contributed by atoms with Crippen LogP contribution in [0.3, 0.4) is 0 Å². The number of nitrogens with zero attached hydrogens (tertiary/aromatic N) is 1. The number of ether oxygens (including phenoxy) is 1. The molecular formula is C15H21ClN2O2. The van der Waals surface area contributed by atoms with Crippen molar-refractivity contribution in [3.05, 3.63) is 29.3 Å². The molecule has 0 bridgehead atoms. The number of piperazine rings is 1. The van der Waals surface area contributed by atoms with Crippen LogP contribution in [-0.2, 0) is 4.79 Å². The Labute approximate surface area is 125 Å². The fourth-order valence-corrected chi connectivity index (χ4v) is 2.42. The lowest BCUT2D eigenvalue weighted by molar-refractivity contribution is -0.140. The van der Waals surface area contributed by atoms with E-state index in [0.717, 1.165) is 6.54 Å². The molecule has 4 nitrogen and oxygen atoms in total. The van der Waals surface area contributed by atoms with Crippen LogP contribution in [0.1, 0.15) is 20.8 Å². The SMILES string of the molecule is CC1CN(C(=O)COc2ccc(Cl)cc2)C(C)(C)CN1. The molecule has 1 heterocycles. The molecular weight excluding hydrogens is 276 g/mol. The van der Waals surface area contributed by atoms with E-state index in [0.29, 0.717) is 23.4 Å². The number of rotatable bonds is 3. The number of hydrogen-bond donors (Lipinski definition) is 1. The highest BCUT2D eigenvalue weighted by Gasteiger charge is 2.35. The Balaban J connectivity index is 1.95. The van der Waals surface area contributed by atoms with Gasteiger partial charge in [0, 0.05) is 29.7 Å². The summed E-state index contributed by atoms with van der Waals surface area (Å²) in [4.78, 5) is 14.2. The van der Waals surface area contributed by atoms with E-state index in [-0.39, 0.29) is 18.1 Å². The van der Waals surface area contributed by atoms with Crippen molar-refractivity contribution in [3.8, 4) is 5.75 Å². The van der Waals surface area contributed by atoms with Crippen LogP contribution in [0.2, 0.25) is 5.02 Å². The molecule has 1 unspecified atom stereocenters. The summed E-state index contributed by atoms with van der Waals surface area (Å²) in [6.07, 6.45) is 0.